The van der Waals surface area contributed by atoms with Crippen LogP contribution in [0.15, 0.2) is 24.3 Å². The molecule has 2 saturated heterocycles. The van der Waals surface area contributed by atoms with Crippen LogP contribution in [0.2, 0.25) is 0 Å². The number of aliphatic hydroxyl groups excluding tert-OH is 1. The molecule has 1 spiro atoms. The highest BCUT2D eigenvalue weighted by atomic mass is 32.2. The molecule has 4 aliphatic rings. The van der Waals surface area contributed by atoms with Gasteiger partial charge in [-0.05, 0) is 20.3 Å². The molecule has 5 atom stereocenters. The van der Waals surface area contributed by atoms with Crippen molar-refractivity contribution in [3.63, 3.8) is 0 Å². The maximum absolute atomic E-state index is 13.6. The highest BCUT2D eigenvalue weighted by Crippen LogP contribution is 2.60. The summed E-state index contributed by atoms with van der Waals surface area (Å²) >= 11 is 1.54. The molecule has 152 valence electrons. The van der Waals surface area contributed by atoms with E-state index < -0.39 is 22.6 Å². The zero-order valence-corrected chi connectivity index (χ0v) is 16.9. The fraction of sp³-hybridized carbons (Fsp3) is 0.650. The molecule has 0 aromatic heterocycles. The Kier molecular flexibility index (Phi) is 5.03. The van der Waals surface area contributed by atoms with E-state index in [9.17, 15) is 19.5 Å². The van der Waals surface area contributed by atoms with Crippen molar-refractivity contribution < 1.29 is 24.2 Å². The number of fused-ring (bicyclic) bond motifs is 2. The van der Waals surface area contributed by atoms with Crippen LogP contribution >= 0.6 is 11.8 Å². The SMILES string of the molecule is CC(C)N1CC=C[C@]23S[C@@H]4C=CCOC(=O)[C@@H]4[C@H]2C(=O)N(CCCO)C3C1=O. The van der Waals surface area contributed by atoms with Crippen molar-refractivity contribution in [2.45, 2.75) is 42.3 Å². The first-order valence-corrected chi connectivity index (χ1v) is 10.7. The lowest BCUT2D eigenvalue weighted by Crippen LogP contribution is -2.54. The van der Waals surface area contributed by atoms with E-state index in [1.165, 1.54) is 11.8 Å². The first-order chi connectivity index (χ1) is 13.4. The minimum Gasteiger partial charge on any atom is -0.461 e. The summed E-state index contributed by atoms with van der Waals surface area (Å²) < 4.78 is 4.53. The van der Waals surface area contributed by atoms with Crippen LogP contribution in [0.25, 0.3) is 0 Å². The predicted molar refractivity (Wildman–Crippen MR) is 104 cm³/mol. The van der Waals surface area contributed by atoms with Crippen molar-refractivity contribution >= 4 is 29.5 Å². The van der Waals surface area contributed by atoms with Crippen LogP contribution in [0, 0.1) is 11.8 Å². The summed E-state index contributed by atoms with van der Waals surface area (Å²) in [6.07, 6.45) is 8.10. The second-order valence-electron chi connectivity index (χ2n) is 8.00. The molecule has 4 heterocycles. The second kappa shape index (κ2) is 7.22. The van der Waals surface area contributed by atoms with Gasteiger partial charge in [-0.2, -0.15) is 0 Å². The average Bonchev–Trinajstić information content (AvgIpc) is 2.94. The van der Waals surface area contributed by atoms with Gasteiger partial charge < -0.3 is 19.6 Å². The second-order valence-corrected chi connectivity index (χ2v) is 9.48. The Morgan fingerprint density at radius 1 is 1.29 bits per heavy atom. The van der Waals surface area contributed by atoms with Gasteiger partial charge in [0.2, 0.25) is 11.8 Å². The molecule has 2 amide bonds. The van der Waals surface area contributed by atoms with E-state index in [0.717, 1.165) is 0 Å². The molecule has 0 aromatic rings. The monoisotopic (exact) mass is 406 g/mol. The van der Waals surface area contributed by atoms with Gasteiger partial charge in [0, 0.05) is 31.0 Å². The summed E-state index contributed by atoms with van der Waals surface area (Å²) in [4.78, 5) is 43.1. The molecule has 0 radical (unpaired) electrons. The van der Waals surface area contributed by atoms with Crippen molar-refractivity contribution in [2.75, 3.05) is 26.3 Å². The predicted octanol–water partition coefficient (Wildman–Crippen LogP) is 0.586. The summed E-state index contributed by atoms with van der Waals surface area (Å²) in [6.45, 7) is 4.86. The molecule has 0 aliphatic carbocycles. The first-order valence-electron chi connectivity index (χ1n) is 9.83. The lowest BCUT2D eigenvalue weighted by atomic mass is 9.78. The van der Waals surface area contributed by atoms with Gasteiger partial charge in [0.15, 0.2) is 0 Å². The minimum atomic E-state index is -0.788. The van der Waals surface area contributed by atoms with E-state index >= 15 is 0 Å². The van der Waals surface area contributed by atoms with Crippen LogP contribution in [-0.4, -0.2) is 81.1 Å². The quantitative estimate of drug-likeness (QED) is 0.543. The van der Waals surface area contributed by atoms with Gasteiger partial charge in [-0.25, -0.2) is 0 Å². The Balaban J connectivity index is 1.82. The third-order valence-corrected chi connectivity index (χ3v) is 7.87. The highest BCUT2D eigenvalue weighted by molar-refractivity contribution is 8.02. The molecule has 4 aliphatic heterocycles. The topological polar surface area (TPSA) is 87.2 Å². The Labute approximate surface area is 168 Å². The normalized spacial score (nSPS) is 36.9. The lowest BCUT2D eigenvalue weighted by molar-refractivity contribution is -0.151. The van der Waals surface area contributed by atoms with Crippen LogP contribution in [0.3, 0.4) is 0 Å². The van der Waals surface area contributed by atoms with Gasteiger partial charge in [0.05, 0.1) is 16.6 Å². The Morgan fingerprint density at radius 3 is 2.79 bits per heavy atom. The molecule has 0 saturated carbocycles. The first kappa shape index (κ1) is 19.5. The Morgan fingerprint density at radius 2 is 2.07 bits per heavy atom. The van der Waals surface area contributed by atoms with Crippen molar-refractivity contribution in [3.05, 3.63) is 24.3 Å². The maximum atomic E-state index is 13.6. The number of ether oxygens (including phenoxy) is 1. The van der Waals surface area contributed by atoms with Crippen molar-refractivity contribution in [2.24, 2.45) is 11.8 Å². The molecule has 4 rings (SSSR count). The number of nitrogens with zero attached hydrogens (tertiary/aromatic N) is 2. The molecule has 0 bridgehead atoms. The number of hydrogen-bond donors (Lipinski definition) is 1. The van der Waals surface area contributed by atoms with Gasteiger partial charge in [0.25, 0.3) is 0 Å². The summed E-state index contributed by atoms with van der Waals surface area (Å²) in [7, 11) is 0. The van der Waals surface area contributed by atoms with Gasteiger partial charge in [0.1, 0.15) is 12.6 Å². The molecule has 0 aromatic carbocycles. The molecule has 8 heteroatoms. The standard InChI is InChI=1S/C20H26N2O5S/c1-12(2)21-8-4-7-20-15(14-13(28-20)6-3-11-27-19(14)26)17(24)22(9-5-10-23)16(20)18(21)25/h3-4,6-7,12-16,23H,5,8-11H2,1-2H3/t13-,14+,15+,16?,20+/m1/s1. The number of esters is 1. The van der Waals surface area contributed by atoms with Gasteiger partial charge in [-0.3, -0.25) is 14.4 Å². The number of amides is 2. The molecule has 1 N–H and O–H groups in total. The molecule has 2 fully saturated rings. The third-order valence-electron chi connectivity index (χ3n) is 6.13. The highest BCUT2D eigenvalue weighted by Gasteiger charge is 2.71. The summed E-state index contributed by atoms with van der Waals surface area (Å²) in [5.74, 6) is -1.87. The molecule has 1 unspecified atom stereocenters. The number of carbonyl (C=O) groups is 3. The summed E-state index contributed by atoms with van der Waals surface area (Å²) in [5, 5.41) is 9.12. The van der Waals surface area contributed by atoms with E-state index in [0.29, 0.717) is 19.5 Å². The zero-order chi connectivity index (χ0) is 20.1. The van der Waals surface area contributed by atoms with Crippen molar-refractivity contribution in [1.29, 1.82) is 0 Å². The summed E-state index contributed by atoms with van der Waals surface area (Å²) in [5.41, 5.74) is 0. The van der Waals surface area contributed by atoms with E-state index in [1.54, 1.807) is 9.80 Å². The van der Waals surface area contributed by atoms with Crippen molar-refractivity contribution in [3.8, 4) is 0 Å². The van der Waals surface area contributed by atoms with E-state index in [-0.39, 0.29) is 42.3 Å². The average molecular weight is 407 g/mol. The number of hydrogen-bond acceptors (Lipinski definition) is 6. The van der Waals surface area contributed by atoms with Crippen LogP contribution in [-0.2, 0) is 19.1 Å². The zero-order valence-electron chi connectivity index (χ0n) is 16.1. The molecule has 28 heavy (non-hydrogen) atoms. The Hall–Kier alpha value is -1.80. The van der Waals surface area contributed by atoms with Gasteiger partial charge >= 0.3 is 5.97 Å². The lowest BCUT2D eigenvalue weighted by Gasteiger charge is -2.36. The van der Waals surface area contributed by atoms with Gasteiger partial charge in [-0.1, -0.05) is 24.3 Å². The maximum Gasteiger partial charge on any atom is 0.311 e. The largest absolute Gasteiger partial charge is 0.461 e. The summed E-state index contributed by atoms with van der Waals surface area (Å²) in [6, 6.07) is -0.668. The number of likely N-dealkylation sites (tertiary alicyclic amines) is 1. The molecule has 7 nitrogen and oxygen atoms in total. The minimum absolute atomic E-state index is 0.00267. The van der Waals surface area contributed by atoms with Crippen LogP contribution in [0.4, 0.5) is 0 Å². The van der Waals surface area contributed by atoms with Gasteiger partial charge in [-0.15, -0.1) is 11.8 Å². The van der Waals surface area contributed by atoms with Crippen LogP contribution in [0.5, 0.6) is 0 Å². The molecular formula is C20H26N2O5S. The van der Waals surface area contributed by atoms with Crippen molar-refractivity contribution in [1.82, 2.24) is 9.80 Å². The number of carbonyl (C=O) groups excluding carboxylic acids is 3. The van der Waals surface area contributed by atoms with Crippen LogP contribution < -0.4 is 0 Å². The Bertz CT molecular complexity index is 751. The number of rotatable bonds is 4. The molecular weight excluding hydrogens is 380 g/mol. The number of aliphatic hydroxyl groups is 1. The third kappa shape index (κ3) is 2.72. The van der Waals surface area contributed by atoms with E-state index in [2.05, 4.69) is 0 Å². The fourth-order valence-corrected chi connectivity index (χ4v) is 6.93. The smallest absolute Gasteiger partial charge is 0.311 e. The van der Waals surface area contributed by atoms with E-state index in [4.69, 9.17) is 4.74 Å². The fourth-order valence-electron chi connectivity index (χ4n) is 4.93. The van der Waals surface area contributed by atoms with E-state index in [1.807, 2.05) is 38.2 Å². The van der Waals surface area contributed by atoms with Crippen LogP contribution in [0.1, 0.15) is 20.3 Å². The number of cyclic esters (lactones) is 1. The number of thioether (sulfide) groups is 1.